The van der Waals surface area contributed by atoms with Crippen molar-refractivity contribution in [3.8, 4) is 0 Å². The number of aliphatic carboxylic acids is 1. The molecule has 110 valence electrons. The number of nitrogens with one attached hydrogen (secondary N) is 1. The highest BCUT2D eigenvalue weighted by Gasteiger charge is 2.35. The van der Waals surface area contributed by atoms with E-state index in [1.807, 2.05) is 12.2 Å². The number of hydrogen-bond donors (Lipinski definition) is 3. The van der Waals surface area contributed by atoms with Crippen molar-refractivity contribution in [1.29, 1.82) is 0 Å². The van der Waals surface area contributed by atoms with E-state index >= 15 is 0 Å². The second-order valence-corrected chi connectivity index (χ2v) is 5.64. The van der Waals surface area contributed by atoms with Crippen molar-refractivity contribution in [2.24, 2.45) is 11.8 Å². The third-order valence-corrected chi connectivity index (χ3v) is 4.30. The van der Waals surface area contributed by atoms with E-state index in [0.29, 0.717) is 24.8 Å². The minimum absolute atomic E-state index is 0.0550. The van der Waals surface area contributed by atoms with Crippen molar-refractivity contribution in [2.75, 3.05) is 5.32 Å². The molecule has 0 saturated carbocycles. The number of carboxylic acid groups (broad SMARTS) is 1. The fourth-order valence-electron chi connectivity index (χ4n) is 3.15. The molecule has 0 radical (unpaired) electrons. The Morgan fingerprint density at radius 2 is 2.05 bits per heavy atom. The number of aliphatic hydroxyl groups excluding tert-OH is 1. The van der Waals surface area contributed by atoms with Crippen molar-refractivity contribution in [3.05, 3.63) is 41.5 Å². The van der Waals surface area contributed by atoms with Gasteiger partial charge in [0.2, 0.25) is 5.91 Å². The summed E-state index contributed by atoms with van der Waals surface area (Å²) in [5.41, 5.74) is 2.31. The van der Waals surface area contributed by atoms with Crippen LogP contribution in [0.5, 0.6) is 0 Å². The first kappa shape index (κ1) is 13.8. The lowest BCUT2D eigenvalue weighted by atomic mass is 9.77. The number of carboxylic acids is 1. The monoisotopic (exact) mass is 287 g/mol. The van der Waals surface area contributed by atoms with Crippen LogP contribution in [0.4, 0.5) is 5.69 Å². The Balaban J connectivity index is 1.86. The number of rotatable bonds is 3. The SMILES string of the molecule is O=C1Cc2cc(C(O)C3CC=CCC3C(=O)O)ccc2N1. The van der Waals surface area contributed by atoms with E-state index < -0.39 is 18.0 Å². The summed E-state index contributed by atoms with van der Waals surface area (Å²) in [5, 5.41) is 22.6. The molecule has 3 rings (SSSR count). The highest BCUT2D eigenvalue weighted by molar-refractivity contribution is 5.99. The summed E-state index contributed by atoms with van der Waals surface area (Å²) in [6.45, 7) is 0. The Hall–Kier alpha value is -2.14. The van der Waals surface area contributed by atoms with Crippen molar-refractivity contribution < 1.29 is 19.8 Å². The molecule has 0 saturated heterocycles. The third kappa shape index (κ3) is 2.56. The van der Waals surface area contributed by atoms with Crippen LogP contribution in [-0.2, 0) is 16.0 Å². The summed E-state index contributed by atoms with van der Waals surface area (Å²) >= 11 is 0. The highest BCUT2D eigenvalue weighted by Crippen LogP contribution is 2.37. The largest absolute Gasteiger partial charge is 0.481 e. The van der Waals surface area contributed by atoms with Crippen LogP contribution in [0.25, 0.3) is 0 Å². The van der Waals surface area contributed by atoms with Crippen molar-refractivity contribution in [1.82, 2.24) is 0 Å². The van der Waals surface area contributed by atoms with Gasteiger partial charge in [0.05, 0.1) is 18.4 Å². The molecule has 1 aromatic carbocycles. The molecule has 0 bridgehead atoms. The van der Waals surface area contributed by atoms with Gasteiger partial charge in [-0.25, -0.2) is 0 Å². The molecule has 0 aromatic heterocycles. The van der Waals surface area contributed by atoms with Crippen LogP contribution in [0, 0.1) is 11.8 Å². The second-order valence-electron chi connectivity index (χ2n) is 5.64. The average molecular weight is 287 g/mol. The maximum absolute atomic E-state index is 11.4. The summed E-state index contributed by atoms with van der Waals surface area (Å²) in [7, 11) is 0. The van der Waals surface area contributed by atoms with Crippen LogP contribution < -0.4 is 5.32 Å². The van der Waals surface area contributed by atoms with Crippen LogP contribution >= 0.6 is 0 Å². The maximum Gasteiger partial charge on any atom is 0.307 e. The zero-order valence-electron chi connectivity index (χ0n) is 11.5. The molecule has 3 unspecified atom stereocenters. The lowest BCUT2D eigenvalue weighted by Gasteiger charge is -2.30. The maximum atomic E-state index is 11.4. The first-order valence-corrected chi connectivity index (χ1v) is 7.05. The summed E-state index contributed by atoms with van der Waals surface area (Å²) in [6.07, 6.45) is 4.24. The Kier molecular flexibility index (Phi) is 3.51. The topological polar surface area (TPSA) is 86.6 Å². The fraction of sp³-hybridized carbons (Fsp3) is 0.375. The van der Waals surface area contributed by atoms with E-state index in [1.165, 1.54) is 0 Å². The standard InChI is InChI=1S/C16H17NO4/c18-14-8-10-7-9(5-6-13(10)17-14)15(19)11-3-1-2-4-12(11)16(20)21/h1-2,5-7,11-12,15,19H,3-4,8H2,(H,17,18)(H,20,21). The number of carbonyl (C=O) groups excluding carboxylic acids is 1. The predicted molar refractivity (Wildman–Crippen MR) is 76.7 cm³/mol. The Bertz CT molecular complexity index is 623. The van der Waals surface area contributed by atoms with Gasteiger partial charge in [0.25, 0.3) is 0 Å². The molecule has 1 amide bonds. The van der Waals surface area contributed by atoms with Gasteiger partial charge < -0.3 is 15.5 Å². The van der Waals surface area contributed by atoms with Crippen LogP contribution in [0.3, 0.4) is 0 Å². The summed E-state index contributed by atoms with van der Waals surface area (Å²) in [4.78, 5) is 22.7. The van der Waals surface area contributed by atoms with Gasteiger partial charge in [-0.2, -0.15) is 0 Å². The van der Waals surface area contributed by atoms with Crippen LogP contribution in [0.2, 0.25) is 0 Å². The lowest BCUT2D eigenvalue weighted by Crippen LogP contribution is -2.29. The number of fused-ring (bicyclic) bond motifs is 1. The quantitative estimate of drug-likeness (QED) is 0.741. The molecule has 0 fully saturated rings. The van der Waals surface area contributed by atoms with E-state index in [0.717, 1.165) is 11.3 Å². The molecule has 1 aliphatic carbocycles. The van der Waals surface area contributed by atoms with E-state index in [4.69, 9.17) is 0 Å². The first-order chi connectivity index (χ1) is 10.1. The van der Waals surface area contributed by atoms with E-state index in [2.05, 4.69) is 5.32 Å². The van der Waals surface area contributed by atoms with Gasteiger partial charge in [0, 0.05) is 11.6 Å². The molecule has 1 aliphatic heterocycles. The summed E-state index contributed by atoms with van der Waals surface area (Å²) < 4.78 is 0. The number of aliphatic hydroxyl groups is 1. The van der Waals surface area contributed by atoms with Crippen molar-refractivity contribution >= 4 is 17.6 Å². The van der Waals surface area contributed by atoms with E-state index in [1.54, 1.807) is 18.2 Å². The normalized spacial score (nSPS) is 25.3. The second kappa shape index (κ2) is 5.33. The van der Waals surface area contributed by atoms with Gasteiger partial charge in [-0.1, -0.05) is 24.3 Å². The van der Waals surface area contributed by atoms with Crippen LogP contribution in [-0.4, -0.2) is 22.1 Å². The van der Waals surface area contributed by atoms with Gasteiger partial charge in [-0.05, 0) is 30.0 Å². The number of carbonyl (C=O) groups is 2. The fourth-order valence-corrected chi connectivity index (χ4v) is 3.15. The minimum atomic E-state index is -0.874. The zero-order valence-corrected chi connectivity index (χ0v) is 11.5. The summed E-state index contributed by atoms with van der Waals surface area (Å²) in [6, 6.07) is 5.33. The lowest BCUT2D eigenvalue weighted by molar-refractivity contribution is -0.145. The zero-order chi connectivity index (χ0) is 15.0. The van der Waals surface area contributed by atoms with Crippen LogP contribution in [0.15, 0.2) is 30.4 Å². The minimum Gasteiger partial charge on any atom is -0.481 e. The highest BCUT2D eigenvalue weighted by atomic mass is 16.4. The van der Waals surface area contributed by atoms with Gasteiger partial charge in [-0.15, -0.1) is 0 Å². The molecular formula is C16H17NO4. The van der Waals surface area contributed by atoms with Gasteiger partial charge >= 0.3 is 5.97 Å². The van der Waals surface area contributed by atoms with Gasteiger partial charge in [0.15, 0.2) is 0 Å². The number of benzene rings is 1. The van der Waals surface area contributed by atoms with Crippen molar-refractivity contribution in [2.45, 2.75) is 25.4 Å². The molecule has 5 heteroatoms. The Labute approximate surface area is 122 Å². The smallest absolute Gasteiger partial charge is 0.307 e. The Morgan fingerprint density at radius 3 is 2.81 bits per heavy atom. The molecule has 1 heterocycles. The van der Waals surface area contributed by atoms with Gasteiger partial charge in [-0.3, -0.25) is 9.59 Å². The molecule has 0 spiro atoms. The Morgan fingerprint density at radius 1 is 1.29 bits per heavy atom. The molecule has 1 aromatic rings. The van der Waals surface area contributed by atoms with Crippen LogP contribution in [0.1, 0.15) is 30.1 Å². The van der Waals surface area contributed by atoms with Gasteiger partial charge in [0.1, 0.15) is 0 Å². The van der Waals surface area contributed by atoms with Crippen molar-refractivity contribution in [3.63, 3.8) is 0 Å². The molecule has 3 N–H and O–H groups in total. The molecular weight excluding hydrogens is 270 g/mol. The number of allylic oxidation sites excluding steroid dienone is 2. The molecule has 21 heavy (non-hydrogen) atoms. The third-order valence-electron chi connectivity index (χ3n) is 4.30. The van der Waals surface area contributed by atoms with E-state index in [9.17, 15) is 19.8 Å². The number of amides is 1. The molecule has 2 aliphatic rings. The average Bonchev–Trinajstić information content (AvgIpc) is 2.85. The number of hydrogen-bond acceptors (Lipinski definition) is 3. The van der Waals surface area contributed by atoms with E-state index in [-0.39, 0.29) is 11.8 Å². The molecule has 3 atom stereocenters. The molecule has 5 nitrogen and oxygen atoms in total. The predicted octanol–water partition coefficient (Wildman–Crippen LogP) is 1.88. The summed E-state index contributed by atoms with van der Waals surface area (Å²) in [5.74, 6) is -1.84. The first-order valence-electron chi connectivity index (χ1n) is 7.05. The number of anilines is 1.